The lowest BCUT2D eigenvalue weighted by Crippen LogP contribution is -2.13. The Morgan fingerprint density at radius 1 is 1.00 bits per heavy atom. The van der Waals surface area contributed by atoms with Crippen molar-refractivity contribution in [1.82, 2.24) is 4.57 Å². The standard InChI is InChI=1S/C26H20BrN5O3S2/c27-19-10-11-23-22(13-19)24(30-31-26(36)29-20-6-3-7-21(14-20)37(28,34)35)25(33)32(23)15-16-8-9-17-4-1-2-5-18(17)12-16/h1-14,33H,15H2,(H,29,36)(H2,28,34,35). The molecule has 5 aromatic rings. The van der Waals surface area contributed by atoms with Gasteiger partial charge in [-0.2, -0.15) is 0 Å². The van der Waals surface area contributed by atoms with Crippen LogP contribution in [-0.2, 0) is 16.6 Å². The Hall–Kier alpha value is -3.64. The molecule has 0 unspecified atom stereocenters. The molecule has 0 amide bonds. The van der Waals surface area contributed by atoms with E-state index in [0.717, 1.165) is 26.3 Å². The van der Waals surface area contributed by atoms with Crippen LogP contribution in [0.3, 0.4) is 0 Å². The normalized spacial score (nSPS) is 11.9. The summed E-state index contributed by atoms with van der Waals surface area (Å²) in [6.07, 6.45) is 0. The Morgan fingerprint density at radius 3 is 2.57 bits per heavy atom. The Morgan fingerprint density at radius 2 is 1.78 bits per heavy atom. The number of aromatic hydroxyl groups is 1. The number of sulfonamides is 1. The minimum Gasteiger partial charge on any atom is -0.493 e. The zero-order valence-corrected chi connectivity index (χ0v) is 22.4. The molecule has 5 rings (SSSR count). The number of azo groups is 1. The zero-order valence-electron chi connectivity index (χ0n) is 19.2. The molecule has 11 heteroatoms. The van der Waals surface area contributed by atoms with Crippen molar-refractivity contribution in [2.75, 3.05) is 5.32 Å². The SMILES string of the molecule is NS(=O)(=O)c1cccc(NC(=S)N=Nc2c(O)n(Cc3ccc4ccccc4c3)c3ccc(Br)cc23)c1. The summed E-state index contributed by atoms with van der Waals surface area (Å²) in [4.78, 5) is -0.0588. The van der Waals surface area contributed by atoms with Crippen LogP contribution in [-0.4, -0.2) is 23.2 Å². The Bertz CT molecular complexity index is 1820. The van der Waals surface area contributed by atoms with Crippen LogP contribution in [0.25, 0.3) is 21.7 Å². The number of rotatable bonds is 5. The Kier molecular flexibility index (Phi) is 6.78. The lowest BCUT2D eigenvalue weighted by atomic mass is 10.1. The number of halogens is 1. The number of fused-ring (bicyclic) bond motifs is 2. The van der Waals surface area contributed by atoms with E-state index in [1.54, 1.807) is 10.6 Å². The maximum atomic E-state index is 11.6. The van der Waals surface area contributed by atoms with Gasteiger partial charge in [0.2, 0.25) is 21.0 Å². The summed E-state index contributed by atoms with van der Waals surface area (Å²) < 4.78 is 25.8. The molecular weight excluding hydrogens is 574 g/mol. The van der Waals surface area contributed by atoms with E-state index in [0.29, 0.717) is 17.6 Å². The number of hydrogen-bond donors (Lipinski definition) is 3. The summed E-state index contributed by atoms with van der Waals surface area (Å²) >= 11 is 8.75. The number of anilines is 1. The largest absolute Gasteiger partial charge is 0.493 e. The lowest BCUT2D eigenvalue weighted by molar-refractivity contribution is 0.429. The van der Waals surface area contributed by atoms with E-state index in [9.17, 15) is 13.5 Å². The number of hydrogen-bond acceptors (Lipinski definition) is 5. The predicted octanol–water partition coefficient (Wildman–Crippen LogP) is 6.44. The summed E-state index contributed by atoms with van der Waals surface area (Å²) in [5.74, 6) is -0.0518. The van der Waals surface area contributed by atoms with Gasteiger partial charge in [0.25, 0.3) is 0 Å². The van der Waals surface area contributed by atoms with Gasteiger partial charge < -0.3 is 15.0 Å². The molecule has 0 radical (unpaired) electrons. The molecule has 0 atom stereocenters. The molecule has 8 nitrogen and oxygen atoms in total. The third-order valence-electron chi connectivity index (χ3n) is 5.78. The molecule has 0 saturated heterocycles. The van der Waals surface area contributed by atoms with Crippen LogP contribution in [0.4, 0.5) is 11.4 Å². The molecular formula is C26H20BrN5O3S2. The van der Waals surface area contributed by atoms with Crippen molar-refractivity contribution in [3.05, 3.63) is 95.0 Å². The van der Waals surface area contributed by atoms with Gasteiger partial charge in [0.05, 0.1) is 17.0 Å². The van der Waals surface area contributed by atoms with E-state index in [-0.39, 0.29) is 21.6 Å². The molecule has 4 N–H and O–H groups in total. The Labute approximate surface area is 226 Å². The molecule has 0 aliphatic rings. The van der Waals surface area contributed by atoms with Crippen molar-refractivity contribution in [2.24, 2.45) is 15.4 Å². The molecule has 0 bridgehead atoms. The van der Waals surface area contributed by atoms with Crippen LogP contribution in [0.1, 0.15) is 5.56 Å². The van der Waals surface area contributed by atoms with E-state index >= 15 is 0 Å². The fourth-order valence-corrected chi connectivity index (χ4v) is 5.15. The Balaban J connectivity index is 1.46. The first-order valence-electron chi connectivity index (χ1n) is 11.0. The van der Waals surface area contributed by atoms with Crippen molar-refractivity contribution in [3.63, 3.8) is 0 Å². The second-order valence-electron chi connectivity index (χ2n) is 8.30. The predicted molar refractivity (Wildman–Crippen MR) is 153 cm³/mol. The van der Waals surface area contributed by atoms with Crippen LogP contribution in [0.15, 0.2) is 105 Å². The number of nitrogens with zero attached hydrogens (tertiary/aromatic N) is 3. The van der Waals surface area contributed by atoms with E-state index in [4.69, 9.17) is 17.4 Å². The molecule has 0 aliphatic heterocycles. The fraction of sp³-hybridized carbons (Fsp3) is 0.0385. The van der Waals surface area contributed by atoms with Crippen molar-refractivity contribution < 1.29 is 13.5 Å². The van der Waals surface area contributed by atoms with E-state index in [1.165, 1.54) is 18.2 Å². The molecule has 4 aromatic carbocycles. The summed E-state index contributed by atoms with van der Waals surface area (Å²) in [7, 11) is -3.86. The summed E-state index contributed by atoms with van der Waals surface area (Å²) in [6, 6.07) is 25.8. The average molecular weight is 595 g/mol. The zero-order chi connectivity index (χ0) is 26.2. The van der Waals surface area contributed by atoms with Gasteiger partial charge in [-0.25, -0.2) is 13.6 Å². The summed E-state index contributed by atoms with van der Waals surface area (Å²) in [5.41, 5.74) is 2.45. The number of nitrogens with two attached hydrogens (primary N) is 1. The highest BCUT2D eigenvalue weighted by Gasteiger charge is 2.18. The first kappa shape index (κ1) is 25.0. The second-order valence-corrected chi connectivity index (χ2v) is 11.2. The van der Waals surface area contributed by atoms with Crippen molar-refractivity contribution in [2.45, 2.75) is 11.4 Å². The molecule has 0 saturated carbocycles. The third-order valence-corrected chi connectivity index (χ3v) is 7.37. The minimum atomic E-state index is -3.86. The van der Waals surface area contributed by atoms with Gasteiger partial charge in [0.1, 0.15) is 0 Å². The van der Waals surface area contributed by atoms with Gasteiger partial charge in [0.15, 0.2) is 5.69 Å². The van der Waals surface area contributed by atoms with E-state index in [2.05, 4.69) is 55.7 Å². The summed E-state index contributed by atoms with van der Waals surface area (Å²) in [6.45, 7) is 0.424. The van der Waals surface area contributed by atoms with Crippen LogP contribution in [0, 0.1) is 0 Å². The van der Waals surface area contributed by atoms with Crippen molar-refractivity contribution in [3.8, 4) is 5.88 Å². The molecule has 0 aliphatic carbocycles. The van der Waals surface area contributed by atoms with Crippen LogP contribution >= 0.6 is 28.1 Å². The first-order valence-corrected chi connectivity index (χ1v) is 13.8. The molecule has 1 heterocycles. The quantitative estimate of drug-likeness (QED) is 0.160. The first-order chi connectivity index (χ1) is 17.7. The van der Waals surface area contributed by atoms with Gasteiger partial charge >= 0.3 is 0 Å². The monoisotopic (exact) mass is 593 g/mol. The van der Waals surface area contributed by atoms with Gasteiger partial charge in [-0.1, -0.05) is 58.4 Å². The van der Waals surface area contributed by atoms with E-state index < -0.39 is 10.0 Å². The summed E-state index contributed by atoms with van der Waals surface area (Å²) in [5, 5.41) is 30.4. The second kappa shape index (κ2) is 10.0. The minimum absolute atomic E-state index is 0.0172. The molecule has 186 valence electrons. The smallest absolute Gasteiger partial charge is 0.238 e. The van der Waals surface area contributed by atoms with Crippen molar-refractivity contribution >= 4 is 76.3 Å². The van der Waals surface area contributed by atoms with Crippen LogP contribution in [0.5, 0.6) is 5.88 Å². The number of aromatic nitrogens is 1. The molecule has 0 fully saturated rings. The number of thiocarbonyl (C=S) groups is 1. The van der Waals surface area contributed by atoms with Crippen LogP contribution < -0.4 is 10.5 Å². The highest BCUT2D eigenvalue weighted by atomic mass is 79.9. The molecule has 1 aromatic heterocycles. The highest BCUT2D eigenvalue weighted by molar-refractivity contribution is 9.10. The van der Waals surface area contributed by atoms with Gasteiger partial charge in [0, 0.05) is 15.5 Å². The maximum Gasteiger partial charge on any atom is 0.238 e. The lowest BCUT2D eigenvalue weighted by Gasteiger charge is -2.08. The van der Waals surface area contributed by atoms with Crippen molar-refractivity contribution in [1.29, 1.82) is 0 Å². The topological polar surface area (TPSA) is 122 Å². The van der Waals surface area contributed by atoms with Crippen LogP contribution in [0.2, 0.25) is 0 Å². The van der Waals surface area contributed by atoms with Gasteiger partial charge in [-0.15, -0.1) is 10.2 Å². The highest BCUT2D eigenvalue weighted by Crippen LogP contribution is 2.40. The van der Waals surface area contributed by atoms with Gasteiger partial charge in [-0.05, 0) is 71.0 Å². The third kappa shape index (κ3) is 5.39. The fourth-order valence-electron chi connectivity index (χ4n) is 4.07. The number of primary sulfonamides is 1. The maximum absolute atomic E-state index is 11.6. The molecule has 0 spiro atoms. The number of nitrogens with one attached hydrogen (secondary N) is 1. The van der Waals surface area contributed by atoms with Gasteiger partial charge in [-0.3, -0.25) is 0 Å². The average Bonchev–Trinajstić information content (AvgIpc) is 3.12. The number of benzene rings is 4. The molecule has 37 heavy (non-hydrogen) atoms. The van der Waals surface area contributed by atoms with E-state index in [1.807, 2.05) is 36.4 Å².